The highest BCUT2D eigenvalue weighted by Crippen LogP contribution is 2.39. The lowest BCUT2D eigenvalue weighted by atomic mass is 9.75. The Hall–Kier alpha value is -1.16. The van der Waals surface area contributed by atoms with E-state index >= 15 is 0 Å². The van der Waals surface area contributed by atoms with E-state index in [-0.39, 0.29) is 29.6 Å². The number of rotatable bonds is 2. The summed E-state index contributed by atoms with van der Waals surface area (Å²) in [7, 11) is 0. The highest BCUT2D eigenvalue weighted by atomic mass is 32.1. The second-order valence-corrected chi connectivity index (χ2v) is 6.82. The lowest BCUT2D eigenvalue weighted by molar-refractivity contribution is -0.138. The van der Waals surface area contributed by atoms with Crippen LogP contribution in [0.4, 0.5) is 0 Å². The topological polar surface area (TPSA) is 46.2 Å². The summed E-state index contributed by atoms with van der Waals surface area (Å²) in [5.74, 6) is -0.0889. The molecule has 1 N–H and O–H groups in total. The number of carbonyl (C=O) groups is 2. The zero-order chi connectivity index (χ0) is 13.4. The van der Waals surface area contributed by atoms with Crippen LogP contribution in [0.25, 0.3) is 0 Å². The first-order chi connectivity index (χ1) is 8.40. The van der Waals surface area contributed by atoms with Crippen molar-refractivity contribution in [2.24, 2.45) is 11.8 Å². The highest BCUT2D eigenvalue weighted by Gasteiger charge is 2.39. The van der Waals surface area contributed by atoms with E-state index in [0.717, 1.165) is 0 Å². The van der Waals surface area contributed by atoms with Crippen molar-refractivity contribution in [3.05, 3.63) is 21.4 Å². The third-order valence-electron chi connectivity index (χ3n) is 3.60. The van der Waals surface area contributed by atoms with E-state index in [9.17, 15) is 9.59 Å². The molecule has 1 saturated heterocycles. The molecule has 2 unspecified atom stereocenters. The lowest BCUT2D eigenvalue weighted by Crippen LogP contribution is -2.46. The Balaban J connectivity index is 2.41. The number of hydrogen-bond acceptors (Lipinski definition) is 3. The number of thiophene rings is 1. The van der Waals surface area contributed by atoms with Crippen molar-refractivity contribution in [2.45, 2.75) is 40.0 Å². The van der Waals surface area contributed by atoms with E-state index < -0.39 is 0 Å². The van der Waals surface area contributed by atoms with Crippen molar-refractivity contribution in [2.75, 3.05) is 0 Å². The number of aryl methyl sites for hydroxylation is 2. The maximum atomic E-state index is 12.0. The number of imide groups is 1. The molecule has 2 rings (SSSR count). The molecule has 18 heavy (non-hydrogen) atoms. The molecule has 1 aliphatic rings. The molecule has 1 aromatic heterocycles. The van der Waals surface area contributed by atoms with E-state index in [1.165, 1.54) is 15.3 Å². The van der Waals surface area contributed by atoms with Crippen molar-refractivity contribution in [1.82, 2.24) is 5.32 Å². The third kappa shape index (κ3) is 2.34. The summed E-state index contributed by atoms with van der Waals surface area (Å²) < 4.78 is 0. The molecule has 0 bridgehead atoms. The molecule has 0 saturated carbocycles. The Morgan fingerprint density at radius 2 is 2.00 bits per heavy atom. The summed E-state index contributed by atoms with van der Waals surface area (Å²) in [6, 6.07) is 2.13. The van der Waals surface area contributed by atoms with Crippen LogP contribution >= 0.6 is 11.3 Å². The van der Waals surface area contributed by atoms with Crippen LogP contribution in [0.5, 0.6) is 0 Å². The average molecular weight is 265 g/mol. The zero-order valence-corrected chi connectivity index (χ0v) is 12.1. The second kappa shape index (κ2) is 4.84. The summed E-state index contributed by atoms with van der Waals surface area (Å²) in [4.78, 5) is 26.1. The molecule has 3 nitrogen and oxygen atoms in total. The van der Waals surface area contributed by atoms with Gasteiger partial charge >= 0.3 is 0 Å². The van der Waals surface area contributed by atoms with Gasteiger partial charge in [-0.25, -0.2) is 0 Å². The average Bonchev–Trinajstić information content (AvgIpc) is 2.55. The minimum absolute atomic E-state index is 0.0381. The largest absolute Gasteiger partial charge is 0.296 e. The van der Waals surface area contributed by atoms with Gasteiger partial charge in [0.1, 0.15) is 0 Å². The van der Waals surface area contributed by atoms with E-state index in [4.69, 9.17) is 0 Å². The van der Waals surface area contributed by atoms with Crippen LogP contribution in [0.1, 0.15) is 41.5 Å². The van der Waals surface area contributed by atoms with Gasteiger partial charge in [0, 0.05) is 28.0 Å². The van der Waals surface area contributed by atoms with Crippen LogP contribution in [0.2, 0.25) is 0 Å². The smallest absolute Gasteiger partial charge is 0.230 e. The van der Waals surface area contributed by atoms with Gasteiger partial charge in [-0.2, -0.15) is 0 Å². The molecule has 1 aliphatic heterocycles. The van der Waals surface area contributed by atoms with Crippen LogP contribution in [-0.2, 0) is 9.59 Å². The van der Waals surface area contributed by atoms with Gasteiger partial charge in [-0.15, -0.1) is 11.3 Å². The third-order valence-corrected chi connectivity index (χ3v) is 4.58. The van der Waals surface area contributed by atoms with Gasteiger partial charge in [-0.1, -0.05) is 13.8 Å². The van der Waals surface area contributed by atoms with E-state index in [1.54, 1.807) is 11.3 Å². The molecule has 0 aliphatic carbocycles. The summed E-state index contributed by atoms with van der Waals surface area (Å²) in [6.07, 6.45) is 0.422. The number of amides is 2. The van der Waals surface area contributed by atoms with Gasteiger partial charge in [-0.05, 0) is 31.4 Å². The van der Waals surface area contributed by atoms with Crippen LogP contribution in [0, 0.1) is 25.7 Å². The fraction of sp³-hybridized carbons (Fsp3) is 0.571. The SMILES string of the molecule is Cc1cc(C2CC(=O)NC(=O)C2C(C)C)c(C)s1. The molecule has 98 valence electrons. The summed E-state index contributed by atoms with van der Waals surface area (Å²) in [5.41, 5.74) is 1.18. The molecule has 0 radical (unpaired) electrons. The normalized spacial score (nSPS) is 24.5. The number of carbonyl (C=O) groups excluding carboxylic acids is 2. The van der Waals surface area contributed by atoms with E-state index in [2.05, 4.69) is 25.2 Å². The van der Waals surface area contributed by atoms with Crippen LogP contribution < -0.4 is 5.32 Å². The molecule has 1 aromatic rings. The van der Waals surface area contributed by atoms with Gasteiger partial charge in [0.25, 0.3) is 0 Å². The fourth-order valence-electron chi connectivity index (χ4n) is 2.87. The molecule has 0 aromatic carbocycles. The Morgan fingerprint density at radius 1 is 1.33 bits per heavy atom. The summed E-state index contributed by atoms with van der Waals surface area (Å²) >= 11 is 1.74. The predicted molar refractivity (Wildman–Crippen MR) is 72.6 cm³/mol. The fourth-order valence-corrected chi connectivity index (χ4v) is 3.87. The van der Waals surface area contributed by atoms with Gasteiger partial charge in [-0.3, -0.25) is 14.9 Å². The van der Waals surface area contributed by atoms with Crippen molar-refractivity contribution in [3.8, 4) is 0 Å². The Kier molecular flexibility index (Phi) is 3.57. The minimum Gasteiger partial charge on any atom is -0.296 e. The van der Waals surface area contributed by atoms with Gasteiger partial charge < -0.3 is 0 Å². The van der Waals surface area contributed by atoms with E-state index in [0.29, 0.717) is 6.42 Å². The minimum atomic E-state index is -0.148. The van der Waals surface area contributed by atoms with Gasteiger partial charge in [0.05, 0.1) is 0 Å². The highest BCUT2D eigenvalue weighted by molar-refractivity contribution is 7.12. The molecule has 4 heteroatoms. The number of nitrogens with one attached hydrogen (secondary N) is 1. The quantitative estimate of drug-likeness (QED) is 0.836. The lowest BCUT2D eigenvalue weighted by Gasteiger charge is -2.32. The summed E-state index contributed by atoms with van der Waals surface area (Å²) in [6.45, 7) is 8.22. The molecule has 2 heterocycles. The first kappa shape index (κ1) is 13.3. The summed E-state index contributed by atoms with van der Waals surface area (Å²) in [5, 5.41) is 2.46. The van der Waals surface area contributed by atoms with Crippen molar-refractivity contribution < 1.29 is 9.59 Å². The number of hydrogen-bond donors (Lipinski definition) is 1. The molecular weight excluding hydrogens is 246 g/mol. The van der Waals surface area contributed by atoms with Crippen molar-refractivity contribution >= 4 is 23.2 Å². The van der Waals surface area contributed by atoms with Gasteiger partial charge in [0.2, 0.25) is 11.8 Å². The maximum Gasteiger partial charge on any atom is 0.230 e. The Bertz CT molecular complexity index is 490. The zero-order valence-electron chi connectivity index (χ0n) is 11.2. The maximum absolute atomic E-state index is 12.0. The Labute approximate surface area is 112 Å². The molecule has 1 fully saturated rings. The predicted octanol–water partition coefficient (Wildman–Crippen LogP) is 2.77. The monoisotopic (exact) mass is 265 g/mol. The van der Waals surface area contributed by atoms with E-state index in [1.807, 2.05) is 13.8 Å². The van der Waals surface area contributed by atoms with Crippen molar-refractivity contribution in [3.63, 3.8) is 0 Å². The van der Waals surface area contributed by atoms with Crippen LogP contribution in [0.15, 0.2) is 6.07 Å². The van der Waals surface area contributed by atoms with Gasteiger partial charge in [0.15, 0.2) is 0 Å². The van der Waals surface area contributed by atoms with Crippen LogP contribution in [-0.4, -0.2) is 11.8 Å². The molecule has 2 atom stereocenters. The molecule has 0 spiro atoms. The van der Waals surface area contributed by atoms with Crippen LogP contribution in [0.3, 0.4) is 0 Å². The molecular formula is C14H19NO2S. The van der Waals surface area contributed by atoms with Crippen molar-refractivity contribution in [1.29, 1.82) is 0 Å². The molecule has 2 amide bonds. The first-order valence-corrected chi connectivity index (χ1v) is 7.12. The standard InChI is InChI=1S/C14H19NO2S/c1-7(2)13-11(6-12(16)15-14(13)17)10-5-8(3)18-9(10)4/h5,7,11,13H,6H2,1-4H3,(H,15,16,17). The first-order valence-electron chi connectivity index (χ1n) is 6.30. The second-order valence-electron chi connectivity index (χ2n) is 5.36. The number of piperidine rings is 1. The Morgan fingerprint density at radius 3 is 2.50 bits per heavy atom.